The molecule has 2 atom stereocenters. The lowest BCUT2D eigenvalue weighted by atomic mass is 10.00. The van der Waals surface area contributed by atoms with E-state index in [1.165, 1.54) is 18.5 Å². The number of aryl methyl sites for hydroxylation is 1. The van der Waals surface area contributed by atoms with Crippen LogP contribution in [0.15, 0.2) is 43.1 Å². The second-order valence-electron chi connectivity index (χ2n) is 8.78. The predicted molar refractivity (Wildman–Crippen MR) is 118 cm³/mol. The van der Waals surface area contributed by atoms with Crippen LogP contribution in [-0.2, 0) is 6.18 Å². The Labute approximate surface area is 198 Å². The first-order valence-corrected chi connectivity index (χ1v) is 11.3. The maximum Gasteiger partial charge on any atom is 0.417 e. The summed E-state index contributed by atoms with van der Waals surface area (Å²) in [6.45, 7) is 2.12. The van der Waals surface area contributed by atoms with Crippen molar-refractivity contribution in [3.05, 3.63) is 60.1 Å². The highest BCUT2D eigenvalue weighted by atomic mass is 19.4. The highest BCUT2D eigenvalue weighted by molar-refractivity contribution is 5.94. The number of hydrogen-bond donors (Lipinski definition) is 0. The van der Waals surface area contributed by atoms with Gasteiger partial charge in [0.1, 0.15) is 17.8 Å². The van der Waals surface area contributed by atoms with Crippen LogP contribution in [0.4, 0.5) is 23.4 Å². The van der Waals surface area contributed by atoms with E-state index in [1.807, 2.05) is 6.92 Å². The molecule has 1 aliphatic carbocycles. The van der Waals surface area contributed by atoms with Gasteiger partial charge in [0, 0.05) is 43.6 Å². The lowest BCUT2D eigenvalue weighted by Gasteiger charge is -2.41. The first kappa shape index (κ1) is 23.2. The van der Waals surface area contributed by atoms with Crippen LogP contribution in [0.2, 0.25) is 0 Å². The molecule has 1 amide bonds. The van der Waals surface area contributed by atoms with Gasteiger partial charge in [0.2, 0.25) is 5.95 Å². The number of hydrogen-bond acceptors (Lipinski definition) is 6. The van der Waals surface area contributed by atoms with Crippen LogP contribution < -0.4 is 4.90 Å². The van der Waals surface area contributed by atoms with Crippen molar-refractivity contribution in [1.82, 2.24) is 29.4 Å². The Balaban J connectivity index is 1.29. The van der Waals surface area contributed by atoms with Crippen LogP contribution in [0.25, 0.3) is 5.95 Å². The number of halogens is 4. The lowest BCUT2D eigenvalue weighted by Crippen LogP contribution is -2.55. The van der Waals surface area contributed by atoms with Crippen LogP contribution in [0.3, 0.4) is 0 Å². The van der Waals surface area contributed by atoms with Crippen molar-refractivity contribution < 1.29 is 22.4 Å². The van der Waals surface area contributed by atoms with E-state index in [9.17, 15) is 18.0 Å². The molecule has 0 bridgehead atoms. The van der Waals surface area contributed by atoms with Crippen molar-refractivity contribution in [2.45, 2.75) is 50.6 Å². The summed E-state index contributed by atoms with van der Waals surface area (Å²) in [5.74, 6) is 1.05. The standard InChI is InChI=1S/C23H23F4N7O/c1-14-28-7-9-33(14)22-30-10-15(11-31-22)21(35)34(17-3-4-17)19-6-8-32(13-18(19)24)20-5-2-16(12-29-20)23(25,26)27/h2,5,7,9-12,17-19H,3-4,6,8,13H2,1H3/t18-,19+/m0/s1. The molecule has 0 unspecified atom stereocenters. The van der Waals surface area contributed by atoms with Gasteiger partial charge in [0.05, 0.1) is 23.7 Å². The molecule has 35 heavy (non-hydrogen) atoms. The zero-order valence-corrected chi connectivity index (χ0v) is 18.9. The third-order valence-corrected chi connectivity index (χ3v) is 6.36. The van der Waals surface area contributed by atoms with Gasteiger partial charge in [-0.25, -0.2) is 24.3 Å². The van der Waals surface area contributed by atoms with Crippen molar-refractivity contribution in [3.63, 3.8) is 0 Å². The molecule has 3 aromatic rings. The van der Waals surface area contributed by atoms with Crippen molar-refractivity contribution >= 4 is 11.7 Å². The SMILES string of the molecule is Cc1nccn1-c1ncc(C(=O)N(C2CC2)[C@@H]2CCN(c3ccc(C(F)(F)F)cn3)C[C@@H]2F)cn1. The minimum atomic E-state index is -4.48. The van der Waals surface area contributed by atoms with E-state index >= 15 is 4.39 Å². The molecule has 4 heterocycles. The first-order valence-electron chi connectivity index (χ1n) is 11.3. The average Bonchev–Trinajstić information content (AvgIpc) is 3.59. The number of amides is 1. The zero-order valence-electron chi connectivity index (χ0n) is 18.9. The maximum atomic E-state index is 15.4. The predicted octanol–water partition coefficient (Wildman–Crippen LogP) is 3.61. The number of carbonyl (C=O) groups excluding carboxylic acids is 1. The molecule has 1 saturated carbocycles. The quantitative estimate of drug-likeness (QED) is 0.510. The van der Waals surface area contributed by atoms with Gasteiger partial charge in [-0.1, -0.05) is 0 Å². The Hall–Kier alpha value is -3.57. The molecular formula is C23H23F4N7O. The number of pyridine rings is 1. The molecule has 12 heteroatoms. The van der Waals surface area contributed by atoms with Crippen molar-refractivity contribution in [2.75, 3.05) is 18.0 Å². The maximum absolute atomic E-state index is 15.4. The molecule has 0 N–H and O–H groups in total. The van der Waals surface area contributed by atoms with Gasteiger partial charge in [0.15, 0.2) is 0 Å². The fourth-order valence-electron chi connectivity index (χ4n) is 4.39. The third-order valence-electron chi connectivity index (χ3n) is 6.36. The minimum Gasteiger partial charge on any atom is -0.354 e. The Morgan fingerprint density at radius 3 is 2.34 bits per heavy atom. The van der Waals surface area contributed by atoms with E-state index in [2.05, 4.69) is 19.9 Å². The van der Waals surface area contributed by atoms with Gasteiger partial charge in [-0.05, 0) is 38.3 Å². The highest BCUT2D eigenvalue weighted by Crippen LogP contribution is 2.35. The van der Waals surface area contributed by atoms with E-state index < -0.39 is 24.0 Å². The molecule has 3 aromatic heterocycles. The fraction of sp³-hybridized carbons (Fsp3) is 0.435. The van der Waals surface area contributed by atoms with Gasteiger partial charge < -0.3 is 9.80 Å². The molecule has 0 aromatic carbocycles. The van der Waals surface area contributed by atoms with E-state index in [1.54, 1.807) is 26.8 Å². The molecule has 1 saturated heterocycles. The third kappa shape index (κ3) is 4.69. The molecule has 0 radical (unpaired) electrons. The number of aromatic nitrogens is 5. The van der Waals surface area contributed by atoms with Gasteiger partial charge >= 0.3 is 6.18 Å². The number of imidazole rings is 1. The smallest absolute Gasteiger partial charge is 0.354 e. The van der Waals surface area contributed by atoms with Crippen LogP contribution in [-0.4, -0.2) is 66.7 Å². The normalized spacial score (nSPS) is 20.7. The highest BCUT2D eigenvalue weighted by Gasteiger charge is 2.43. The summed E-state index contributed by atoms with van der Waals surface area (Å²) in [5, 5.41) is 0. The molecule has 5 rings (SSSR count). The van der Waals surface area contributed by atoms with E-state index in [0.717, 1.165) is 25.1 Å². The Morgan fingerprint density at radius 2 is 1.80 bits per heavy atom. The number of alkyl halides is 4. The van der Waals surface area contributed by atoms with Crippen LogP contribution in [0.1, 0.15) is 41.0 Å². The van der Waals surface area contributed by atoms with Crippen molar-refractivity contribution in [2.24, 2.45) is 0 Å². The minimum absolute atomic E-state index is 0.0444. The summed E-state index contributed by atoms with van der Waals surface area (Å²) in [4.78, 5) is 33.1. The Kier molecular flexibility index (Phi) is 5.89. The largest absolute Gasteiger partial charge is 0.417 e. The van der Waals surface area contributed by atoms with Gasteiger partial charge in [-0.2, -0.15) is 13.2 Å². The number of rotatable bonds is 5. The second-order valence-corrected chi connectivity index (χ2v) is 8.78. The van der Waals surface area contributed by atoms with Gasteiger partial charge in [0.25, 0.3) is 5.91 Å². The van der Waals surface area contributed by atoms with Crippen LogP contribution in [0.5, 0.6) is 0 Å². The zero-order chi connectivity index (χ0) is 24.7. The lowest BCUT2D eigenvalue weighted by molar-refractivity contribution is -0.137. The monoisotopic (exact) mass is 489 g/mol. The van der Waals surface area contributed by atoms with Crippen LogP contribution in [0, 0.1) is 6.92 Å². The Morgan fingerprint density at radius 1 is 1.06 bits per heavy atom. The molecule has 0 spiro atoms. The molecule has 8 nitrogen and oxygen atoms in total. The molecule has 1 aliphatic heterocycles. The van der Waals surface area contributed by atoms with Gasteiger partial charge in [-0.15, -0.1) is 0 Å². The molecule has 2 fully saturated rings. The van der Waals surface area contributed by atoms with Crippen LogP contribution >= 0.6 is 0 Å². The fourth-order valence-corrected chi connectivity index (χ4v) is 4.39. The summed E-state index contributed by atoms with van der Waals surface area (Å²) in [6, 6.07) is 1.50. The summed E-state index contributed by atoms with van der Waals surface area (Å²) >= 11 is 0. The molecular weight excluding hydrogens is 466 g/mol. The van der Waals surface area contributed by atoms with Crippen molar-refractivity contribution in [1.29, 1.82) is 0 Å². The van der Waals surface area contributed by atoms with E-state index in [0.29, 0.717) is 24.7 Å². The second kappa shape index (κ2) is 8.90. The summed E-state index contributed by atoms with van der Waals surface area (Å²) < 4.78 is 55.5. The number of piperidine rings is 1. The average molecular weight is 489 g/mol. The molecule has 2 aliphatic rings. The number of nitrogens with zero attached hydrogens (tertiary/aromatic N) is 7. The topological polar surface area (TPSA) is 80.0 Å². The number of carbonyl (C=O) groups is 1. The summed E-state index contributed by atoms with van der Waals surface area (Å²) in [7, 11) is 0. The van der Waals surface area contributed by atoms with Crippen molar-refractivity contribution in [3.8, 4) is 5.95 Å². The molecule has 184 valence electrons. The number of anilines is 1. The Bertz CT molecular complexity index is 1190. The summed E-state index contributed by atoms with van der Waals surface area (Å²) in [5.41, 5.74) is -0.577. The first-order chi connectivity index (χ1) is 16.7. The van der Waals surface area contributed by atoms with Gasteiger partial charge in [-0.3, -0.25) is 9.36 Å². The van der Waals surface area contributed by atoms with E-state index in [-0.39, 0.29) is 29.9 Å². The summed E-state index contributed by atoms with van der Waals surface area (Å²) in [6.07, 6.45) is 3.04. The van der Waals surface area contributed by atoms with E-state index in [4.69, 9.17) is 0 Å².